The molecule has 0 aliphatic carbocycles. The van der Waals surface area contributed by atoms with Crippen molar-refractivity contribution in [2.24, 2.45) is 7.05 Å². The van der Waals surface area contributed by atoms with Crippen molar-refractivity contribution in [1.82, 2.24) is 14.9 Å². The normalized spacial score (nSPS) is 13.5. The zero-order chi connectivity index (χ0) is 21.8. The molecule has 158 valence electrons. The molecule has 0 unspecified atom stereocenters. The molecule has 0 atom stereocenters. The van der Waals surface area contributed by atoms with Crippen molar-refractivity contribution in [3.05, 3.63) is 45.4 Å². The van der Waals surface area contributed by atoms with Gasteiger partial charge in [-0.15, -0.1) is 0 Å². The van der Waals surface area contributed by atoms with Crippen molar-refractivity contribution in [2.45, 2.75) is 39.3 Å². The van der Waals surface area contributed by atoms with Crippen LogP contribution in [-0.2, 0) is 20.0 Å². The maximum Gasteiger partial charge on any atom is 0.345 e. The number of aryl methyl sites for hydroxylation is 1. The van der Waals surface area contributed by atoms with Gasteiger partial charge in [0.2, 0.25) is 0 Å². The molecule has 3 heterocycles. The largest absolute Gasteiger partial charge is 0.506 e. The van der Waals surface area contributed by atoms with Crippen LogP contribution in [0.4, 0.5) is 0 Å². The van der Waals surface area contributed by atoms with E-state index in [-0.39, 0.29) is 18.6 Å². The average molecular weight is 411 g/mol. The molecule has 0 saturated carbocycles. The van der Waals surface area contributed by atoms with E-state index in [0.29, 0.717) is 29.1 Å². The molecule has 0 radical (unpaired) electrons. The van der Waals surface area contributed by atoms with Gasteiger partial charge in [-0.1, -0.05) is 0 Å². The quantitative estimate of drug-likeness (QED) is 0.527. The summed E-state index contributed by atoms with van der Waals surface area (Å²) in [6.07, 6.45) is 0.282. The van der Waals surface area contributed by atoms with E-state index >= 15 is 0 Å². The third kappa shape index (κ3) is 3.33. The van der Waals surface area contributed by atoms with E-state index in [2.05, 4.69) is 41.7 Å². The number of ether oxygens (including phenoxy) is 1. The number of aromatic carboxylic acids is 1. The van der Waals surface area contributed by atoms with E-state index in [0.717, 1.165) is 16.6 Å². The lowest BCUT2D eigenvalue weighted by Crippen LogP contribution is -2.35. The minimum absolute atomic E-state index is 0.0193. The van der Waals surface area contributed by atoms with Crippen molar-refractivity contribution >= 4 is 16.9 Å². The fraction of sp³-hybridized carbons (Fsp3) is 0.364. The topological polar surface area (TPSA) is 117 Å². The molecule has 0 amide bonds. The van der Waals surface area contributed by atoms with Crippen LogP contribution in [0.3, 0.4) is 0 Å². The first-order valence-corrected chi connectivity index (χ1v) is 9.79. The zero-order valence-electron chi connectivity index (χ0n) is 17.4. The molecule has 1 aromatic carbocycles. The van der Waals surface area contributed by atoms with Crippen LogP contribution in [-0.4, -0.2) is 37.9 Å². The number of aromatic nitrogens is 2. The van der Waals surface area contributed by atoms with Gasteiger partial charge >= 0.3 is 5.97 Å². The van der Waals surface area contributed by atoms with E-state index in [4.69, 9.17) is 4.74 Å². The first-order chi connectivity index (χ1) is 14.1. The molecule has 30 heavy (non-hydrogen) atoms. The van der Waals surface area contributed by atoms with E-state index in [1.54, 1.807) is 0 Å². The summed E-state index contributed by atoms with van der Waals surface area (Å²) in [4.78, 5) is 26.4. The molecule has 8 nitrogen and oxygen atoms in total. The van der Waals surface area contributed by atoms with E-state index in [1.165, 1.54) is 0 Å². The highest BCUT2D eigenvalue weighted by Crippen LogP contribution is 2.40. The van der Waals surface area contributed by atoms with Gasteiger partial charge in [0.05, 0.1) is 17.8 Å². The Morgan fingerprint density at radius 2 is 2.03 bits per heavy atom. The van der Waals surface area contributed by atoms with Gasteiger partial charge in [-0.25, -0.2) is 4.79 Å². The van der Waals surface area contributed by atoms with Crippen LogP contribution in [0.1, 0.15) is 42.4 Å². The summed E-state index contributed by atoms with van der Waals surface area (Å²) in [6, 6.07) is 5.90. The van der Waals surface area contributed by atoms with E-state index in [1.807, 2.05) is 19.2 Å². The maximum atomic E-state index is 12.3. The Hall–Kier alpha value is -3.26. The van der Waals surface area contributed by atoms with Crippen LogP contribution in [0.5, 0.6) is 11.5 Å². The van der Waals surface area contributed by atoms with Gasteiger partial charge in [0, 0.05) is 53.8 Å². The number of nitrogens with one attached hydrogen (secondary N) is 2. The second-order valence-corrected chi connectivity index (χ2v) is 8.64. The molecule has 4 rings (SSSR count). The number of fused-ring (bicyclic) bond motifs is 4. The number of hydrogen-bond acceptors (Lipinski definition) is 5. The standard InChI is InChI=1S/C22H25N3O5/c1-22(2,3)23-10-12-7-11-8-14-16(9-15(11)25(12)4)30-6-5-13-18(14)24-20(27)17(19(13)26)21(28)29/h7-9,23H,5-6,10H2,1-4H3,(H,28,29)(H2,24,26,27). The molecule has 2 aromatic heterocycles. The predicted octanol–water partition coefficient (Wildman–Crippen LogP) is 2.76. The summed E-state index contributed by atoms with van der Waals surface area (Å²) >= 11 is 0. The molecule has 0 bridgehead atoms. The highest BCUT2D eigenvalue weighted by Gasteiger charge is 2.26. The SMILES string of the molecule is Cn1c(CNC(C)(C)C)cc2cc3c(cc21)OCCc1c-3[nH]c(=O)c(C(=O)O)c1O. The van der Waals surface area contributed by atoms with Crippen LogP contribution in [0, 0.1) is 0 Å². The summed E-state index contributed by atoms with van der Waals surface area (Å²) in [5, 5.41) is 24.2. The van der Waals surface area contributed by atoms with Gasteiger partial charge < -0.3 is 29.8 Å². The van der Waals surface area contributed by atoms with Crippen molar-refractivity contribution in [1.29, 1.82) is 0 Å². The number of carboxylic acid groups (broad SMARTS) is 1. The van der Waals surface area contributed by atoms with E-state index < -0.39 is 22.8 Å². The molecule has 0 spiro atoms. The zero-order valence-corrected chi connectivity index (χ0v) is 17.4. The van der Waals surface area contributed by atoms with Crippen molar-refractivity contribution < 1.29 is 19.7 Å². The third-order valence-electron chi connectivity index (χ3n) is 5.43. The molecule has 8 heteroatoms. The Kier molecular flexibility index (Phi) is 4.62. The monoisotopic (exact) mass is 411 g/mol. The van der Waals surface area contributed by atoms with Crippen molar-refractivity contribution in [3.8, 4) is 22.8 Å². The highest BCUT2D eigenvalue weighted by atomic mass is 16.5. The lowest BCUT2D eigenvalue weighted by Gasteiger charge is -2.20. The number of pyridine rings is 1. The Balaban J connectivity index is 1.89. The van der Waals surface area contributed by atoms with Gasteiger partial charge in [-0.2, -0.15) is 0 Å². The average Bonchev–Trinajstić information content (AvgIpc) is 2.83. The Labute approximate surface area is 173 Å². The second-order valence-electron chi connectivity index (χ2n) is 8.64. The number of benzene rings is 1. The summed E-state index contributed by atoms with van der Waals surface area (Å²) in [6.45, 7) is 7.27. The third-order valence-corrected chi connectivity index (χ3v) is 5.43. The Morgan fingerprint density at radius 3 is 2.70 bits per heavy atom. The fourth-order valence-corrected chi connectivity index (χ4v) is 3.83. The minimum atomic E-state index is -1.46. The molecule has 3 aromatic rings. The van der Waals surface area contributed by atoms with Gasteiger partial charge in [0.1, 0.15) is 11.5 Å². The number of carboxylic acids is 1. The summed E-state index contributed by atoms with van der Waals surface area (Å²) in [5.74, 6) is -1.38. The number of carbonyl (C=O) groups is 1. The van der Waals surface area contributed by atoms with Crippen LogP contribution in [0.25, 0.3) is 22.2 Å². The fourth-order valence-electron chi connectivity index (χ4n) is 3.83. The smallest absolute Gasteiger partial charge is 0.345 e. The molecular formula is C22H25N3O5. The molecular weight excluding hydrogens is 386 g/mol. The Bertz CT molecular complexity index is 1230. The number of nitrogens with zero attached hydrogens (tertiary/aromatic N) is 1. The summed E-state index contributed by atoms with van der Waals surface area (Å²) < 4.78 is 8.00. The van der Waals surface area contributed by atoms with Crippen molar-refractivity contribution in [3.63, 3.8) is 0 Å². The Morgan fingerprint density at radius 1 is 1.30 bits per heavy atom. The molecule has 0 fully saturated rings. The summed E-state index contributed by atoms with van der Waals surface area (Å²) in [5.41, 5.74) is 1.97. The lowest BCUT2D eigenvalue weighted by atomic mass is 9.99. The molecule has 1 aliphatic rings. The molecule has 1 aliphatic heterocycles. The number of aromatic amines is 1. The number of rotatable bonds is 3. The van der Waals surface area contributed by atoms with Crippen LogP contribution in [0.15, 0.2) is 23.0 Å². The van der Waals surface area contributed by atoms with E-state index in [9.17, 15) is 19.8 Å². The van der Waals surface area contributed by atoms with Crippen LogP contribution in [0.2, 0.25) is 0 Å². The van der Waals surface area contributed by atoms with Crippen LogP contribution >= 0.6 is 0 Å². The predicted molar refractivity (Wildman–Crippen MR) is 113 cm³/mol. The first-order valence-electron chi connectivity index (χ1n) is 9.79. The van der Waals surface area contributed by atoms with Gasteiger partial charge in [-0.05, 0) is 32.9 Å². The number of hydrogen-bond donors (Lipinski definition) is 4. The second kappa shape index (κ2) is 6.91. The minimum Gasteiger partial charge on any atom is -0.506 e. The molecule has 0 saturated heterocycles. The lowest BCUT2D eigenvalue weighted by molar-refractivity contribution is 0.0691. The van der Waals surface area contributed by atoms with Gasteiger partial charge in [0.15, 0.2) is 5.56 Å². The maximum absolute atomic E-state index is 12.3. The highest BCUT2D eigenvalue weighted by molar-refractivity contribution is 5.94. The molecule has 4 N–H and O–H groups in total. The number of aromatic hydroxyl groups is 1. The summed E-state index contributed by atoms with van der Waals surface area (Å²) in [7, 11) is 1.99. The van der Waals surface area contributed by atoms with Crippen molar-refractivity contribution in [2.75, 3.05) is 6.61 Å². The van der Waals surface area contributed by atoms with Gasteiger partial charge in [-0.3, -0.25) is 4.79 Å². The van der Waals surface area contributed by atoms with Crippen LogP contribution < -0.4 is 15.6 Å². The van der Waals surface area contributed by atoms with Gasteiger partial charge in [0.25, 0.3) is 5.56 Å². The number of H-pyrrole nitrogens is 1. The first kappa shape index (κ1) is 20.0.